The number of pyridine rings is 1. The molecule has 0 saturated carbocycles. The van der Waals surface area contributed by atoms with Crippen LogP contribution in [0.2, 0.25) is 0 Å². The van der Waals surface area contributed by atoms with Crippen molar-refractivity contribution in [1.82, 2.24) is 19.6 Å². The minimum absolute atomic E-state index is 0.940. The molecule has 4 nitrogen and oxygen atoms in total. The van der Waals surface area contributed by atoms with Gasteiger partial charge in [-0.3, -0.25) is 4.90 Å². The number of imidazole rings is 1. The summed E-state index contributed by atoms with van der Waals surface area (Å²) in [4.78, 5) is 7.51. The molecule has 1 N–H and O–H groups in total. The molecule has 0 unspecified atom stereocenters. The Labute approximate surface area is 149 Å². The van der Waals surface area contributed by atoms with Gasteiger partial charge in [-0.25, -0.2) is 4.98 Å². The van der Waals surface area contributed by atoms with Crippen molar-refractivity contribution in [3.63, 3.8) is 0 Å². The summed E-state index contributed by atoms with van der Waals surface area (Å²) < 4.78 is 2.25. The van der Waals surface area contributed by atoms with Crippen molar-refractivity contribution >= 4 is 5.65 Å². The fourth-order valence-electron chi connectivity index (χ4n) is 3.59. The Morgan fingerprint density at radius 2 is 1.96 bits per heavy atom. The smallest absolute Gasteiger partial charge is 0.137 e. The van der Waals surface area contributed by atoms with Gasteiger partial charge < -0.3 is 9.72 Å². The second-order valence-corrected chi connectivity index (χ2v) is 7.01. The van der Waals surface area contributed by atoms with Gasteiger partial charge in [-0.1, -0.05) is 18.2 Å². The molecule has 0 bridgehead atoms. The summed E-state index contributed by atoms with van der Waals surface area (Å²) in [6.07, 6.45) is 3.34. The fraction of sp³-hybridized carbons (Fsp3) is 0.381. The quantitative estimate of drug-likeness (QED) is 0.797. The van der Waals surface area contributed by atoms with E-state index in [1.165, 1.54) is 28.8 Å². The Bertz CT molecular complexity index is 873. The zero-order chi connectivity index (χ0) is 17.2. The van der Waals surface area contributed by atoms with Gasteiger partial charge in [0.1, 0.15) is 5.65 Å². The van der Waals surface area contributed by atoms with Crippen molar-refractivity contribution in [3.8, 4) is 11.3 Å². The molecular formula is C21H26N4. The lowest BCUT2D eigenvalue weighted by Gasteiger charge is -2.20. The maximum Gasteiger partial charge on any atom is 0.137 e. The highest BCUT2D eigenvalue weighted by molar-refractivity contribution is 5.67. The van der Waals surface area contributed by atoms with Crippen LogP contribution < -0.4 is 5.32 Å². The van der Waals surface area contributed by atoms with Crippen LogP contribution >= 0.6 is 0 Å². The van der Waals surface area contributed by atoms with Crippen LogP contribution in [0.3, 0.4) is 0 Å². The van der Waals surface area contributed by atoms with E-state index in [0.717, 1.165) is 44.1 Å². The van der Waals surface area contributed by atoms with Crippen LogP contribution in [0.5, 0.6) is 0 Å². The van der Waals surface area contributed by atoms with Gasteiger partial charge in [0.2, 0.25) is 0 Å². The molecule has 25 heavy (non-hydrogen) atoms. The summed E-state index contributed by atoms with van der Waals surface area (Å²) in [6.45, 7) is 9.69. The number of hydrogen-bond acceptors (Lipinski definition) is 3. The Balaban J connectivity index is 1.78. The van der Waals surface area contributed by atoms with Gasteiger partial charge in [-0.05, 0) is 62.7 Å². The lowest BCUT2D eigenvalue weighted by molar-refractivity contribution is 0.281. The maximum absolute atomic E-state index is 4.96. The van der Waals surface area contributed by atoms with Crippen LogP contribution in [-0.2, 0) is 6.54 Å². The van der Waals surface area contributed by atoms with Gasteiger partial charge in [-0.2, -0.15) is 0 Å². The minimum atomic E-state index is 0.940. The lowest BCUT2D eigenvalue weighted by atomic mass is 10.0. The fourth-order valence-corrected chi connectivity index (χ4v) is 3.59. The number of rotatable bonds is 3. The van der Waals surface area contributed by atoms with Crippen LogP contribution in [0.15, 0.2) is 42.6 Å². The first-order valence-electron chi connectivity index (χ1n) is 9.19. The molecule has 0 amide bonds. The second kappa shape index (κ2) is 6.98. The van der Waals surface area contributed by atoms with E-state index >= 15 is 0 Å². The van der Waals surface area contributed by atoms with E-state index in [1.807, 2.05) is 0 Å². The van der Waals surface area contributed by atoms with E-state index in [4.69, 9.17) is 4.98 Å². The number of hydrogen-bond donors (Lipinski definition) is 1. The van der Waals surface area contributed by atoms with Crippen molar-refractivity contribution in [2.45, 2.75) is 26.8 Å². The van der Waals surface area contributed by atoms with Gasteiger partial charge in [-0.15, -0.1) is 0 Å². The average molecular weight is 334 g/mol. The molecule has 4 rings (SSSR count). The van der Waals surface area contributed by atoms with Crippen molar-refractivity contribution in [2.24, 2.45) is 0 Å². The highest BCUT2D eigenvalue weighted by Gasteiger charge is 2.18. The van der Waals surface area contributed by atoms with Gasteiger partial charge in [0.05, 0.1) is 11.4 Å². The summed E-state index contributed by atoms with van der Waals surface area (Å²) in [5.74, 6) is 0. The summed E-state index contributed by atoms with van der Waals surface area (Å²) in [5, 5.41) is 3.49. The van der Waals surface area contributed by atoms with Gasteiger partial charge >= 0.3 is 0 Å². The number of nitrogens with one attached hydrogen (secondary N) is 1. The van der Waals surface area contributed by atoms with Crippen molar-refractivity contribution in [1.29, 1.82) is 0 Å². The molecule has 2 aromatic heterocycles. The standard InChI is InChI=1S/C21H26N4/c1-16-7-8-18(14-17(16)2)21-19(15-24-11-5-9-22-10-13-24)25-12-4-3-6-20(25)23-21/h3-4,6-8,12,14,22H,5,9-11,13,15H2,1-2H3. The van der Waals surface area contributed by atoms with E-state index in [2.05, 4.69) is 71.1 Å². The molecule has 0 aliphatic carbocycles. The predicted octanol–water partition coefficient (Wildman–Crippen LogP) is 3.41. The lowest BCUT2D eigenvalue weighted by Crippen LogP contribution is -2.28. The third-order valence-corrected chi connectivity index (χ3v) is 5.22. The van der Waals surface area contributed by atoms with Gasteiger partial charge in [0.15, 0.2) is 0 Å². The Kier molecular flexibility index (Phi) is 4.55. The molecule has 0 atom stereocenters. The number of aryl methyl sites for hydroxylation is 2. The molecule has 3 heterocycles. The van der Waals surface area contributed by atoms with Crippen molar-refractivity contribution in [3.05, 3.63) is 59.4 Å². The third kappa shape index (κ3) is 3.32. The molecule has 0 radical (unpaired) electrons. The van der Waals surface area contributed by atoms with Gasteiger partial charge in [0.25, 0.3) is 0 Å². The Hall–Kier alpha value is -2.17. The van der Waals surface area contributed by atoms with Crippen LogP contribution in [0.1, 0.15) is 23.2 Å². The van der Waals surface area contributed by atoms with E-state index in [9.17, 15) is 0 Å². The van der Waals surface area contributed by atoms with Crippen LogP contribution in [0.25, 0.3) is 16.9 Å². The SMILES string of the molecule is Cc1ccc(-c2nc3ccccn3c2CN2CCCNCC2)cc1C. The summed E-state index contributed by atoms with van der Waals surface area (Å²) in [5.41, 5.74) is 7.30. The topological polar surface area (TPSA) is 32.6 Å². The summed E-state index contributed by atoms with van der Waals surface area (Å²) >= 11 is 0. The second-order valence-electron chi connectivity index (χ2n) is 7.01. The Morgan fingerprint density at radius 3 is 2.84 bits per heavy atom. The van der Waals surface area contributed by atoms with E-state index in [-0.39, 0.29) is 0 Å². The third-order valence-electron chi connectivity index (χ3n) is 5.22. The average Bonchev–Trinajstić information content (AvgIpc) is 2.79. The van der Waals surface area contributed by atoms with Crippen molar-refractivity contribution in [2.75, 3.05) is 26.2 Å². The molecule has 3 aromatic rings. The summed E-state index contributed by atoms with van der Waals surface area (Å²) in [7, 11) is 0. The van der Waals surface area contributed by atoms with E-state index in [0.29, 0.717) is 0 Å². The molecule has 0 spiro atoms. The highest BCUT2D eigenvalue weighted by Crippen LogP contribution is 2.27. The van der Waals surface area contributed by atoms with E-state index in [1.54, 1.807) is 0 Å². The van der Waals surface area contributed by atoms with E-state index < -0.39 is 0 Å². The largest absolute Gasteiger partial charge is 0.315 e. The molecule has 1 fully saturated rings. The molecule has 1 aliphatic rings. The van der Waals surface area contributed by atoms with Crippen molar-refractivity contribution < 1.29 is 0 Å². The van der Waals surface area contributed by atoms with Crippen LogP contribution in [0, 0.1) is 13.8 Å². The molecule has 130 valence electrons. The summed E-state index contributed by atoms with van der Waals surface area (Å²) in [6, 6.07) is 12.9. The predicted molar refractivity (Wildman–Crippen MR) is 103 cm³/mol. The molecule has 4 heteroatoms. The van der Waals surface area contributed by atoms with Gasteiger partial charge in [0, 0.05) is 31.4 Å². The molecular weight excluding hydrogens is 308 g/mol. The molecule has 1 saturated heterocycles. The zero-order valence-corrected chi connectivity index (χ0v) is 15.1. The maximum atomic E-state index is 4.96. The first-order valence-corrected chi connectivity index (χ1v) is 9.19. The monoisotopic (exact) mass is 334 g/mol. The number of benzene rings is 1. The molecule has 1 aliphatic heterocycles. The first kappa shape index (κ1) is 16.3. The molecule has 1 aromatic carbocycles. The zero-order valence-electron chi connectivity index (χ0n) is 15.1. The van der Waals surface area contributed by atoms with Crippen LogP contribution in [0.4, 0.5) is 0 Å². The number of aromatic nitrogens is 2. The minimum Gasteiger partial charge on any atom is -0.315 e. The number of fused-ring (bicyclic) bond motifs is 1. The normalized spacial score (nSPS) is 16.2. The van der Waals surface area contributed by atoms with Crippen LogP contribution in [-0.4, -0.2) is 40.5 Å². The number of nitrogens with zero attached hydrogens (tertiary/aromatic N) is 3. The highest BCUT2D eigenvalue weighted by atomic mass is 15.2. The Morgan fingerprint density at radius 1 is 1.04 bits per heavy atom. The first-order chi connectivity index (χ1) is 12.2.